The number of aliphatic hydroxyl groups excluding tert-OH is 1. The summed E-state index contributed by atoms with van der Waals surface area (Å²) in [5, 5.41) is 13.6. The van der Waals surface area contributed by atoms with Crippen LogP contribution in [0.25, 0.3) is 0 Å². The van der Waals surface area contributed by atoms with Crippen LogP contribution in [0, 0.1) is 11.8 Å². The van der Waals surface area contributed by atoms with E-state index in [-0.39, 0.29) is 31.4 Å². The van der Waals surface area contributed by atoms with Gasteiger partial charge in [-0.2, -0.15) is 0 Å². The first-order valence-corrected chi connectivity index (χ1v) is 16.4. The summed E-state index contributed by atoms with van der Waals surface area (Å²) in [5.74, 6) is -3.74. The van der Waals surface area contributed by atoms with Gasteiger partial charge in [0.2, 0.25) is 17.7 Å². The molecule has 1 spiro atoms. The molecule has 0 saturated carbocycles. The van der Waals surface area contributed by atoms with Crippen molar-refractivity contribution in [2.45, 2.75) is 75.5 Å². The normalized spacial score (nSPS) is 31.0. The van der Waals surface area contributed by atoms with E-state index >= 15 is 0 Å². The van der Waals surface area contributed by atoms with E-state index in [1.54, 1.807) is 23.1 Å². The molecular formula is C37H43N3O7. The molecule has 3 amide bonds. The average molecular weight is 642 g/mol. The summed E-state index contributed by atoms with van der Waals surface area (Å²) in [7, 11) is 0. The number of cyclic esters (lactones) is 1. The zero-order chi connectivity index (χ0) is 33.3. The third-order valence-corrected chi connectivity index (χ3v) is 9.71. The maximum absolute atomic E-state index is 14.9. The Morgan fingerprint density at radius 1 is 0.979 bits per heavy atom. The predicted octanol–water partition coefficient (Wildman–Crippen LogP) is 3.12. The van der Waals surface area contributed by atoms with Crippen LogP contribution in [0.5, 0.6) is 0 Å². The molecule has 2 saturated heterocycles. The van der Waals surface area contributed by atoms with Gasteiger partial charge in [0.25, 0.3) is 0 Å². The summed E-state index contributed by atoms with van der Waals surface area (Å²) < 4.78 is 13.0. The van der Waals surface area contributed by atoms with Crippen molar-refractivity contribution in [3.8, 4) is 0 Å². The molecule has 2 aromatic rings. The van der Waals surface area contributed by atoms with E-state index in [1.807, 2.05) is 87.5 Å². The molecule has 2 N–H and O–H groups in total. The highest BCUT2D eigenvalue weighted by Gasteiger charge is 2.72. The van der Waals surface area contributed by atoms with Gasteiger partial charge in [0, 0.05) is 18.5 Å². The Hall–Kier alpha value is -4.28. The molecule has 2 fully saturated rings. The van der Waals surface area contributed by atoms with Gasteiger partial charge in [-0.05, 0) is 44.7 Å². The highest BCUT2D eigenvalue weighted by Crippen LogP contribution is 2.54. The topological polar surface area (TPSA) is 125 Å². The highest BCUT2D eigenvalue weighted by molar-refractivity contribution is 5.99. The standard InChI is InChI=1S/C37H43N3O7/c1-36(2,3)39-20-12-19-37-31(33(43)40(32(37)34(39)44)26(23-41)21-24-13-6-4-7-14-24)30-27(47-37)17-10-11-18-29(42)38-22-28(46-35(30)45)25-15-8-5-9-16-25/h4-10,12-17,19,26-28,30-32,41H,11,18,20-23H2,1-3H3,(H,38,42)/b17-10-/t26-,27+,28-,30-,31-,32+,37-/m1/s1. The largest absolute Gasteiger partial charge is 0.455 e. The second-order valence-corrected chi connectivity index (χ2v) is 13.7. The van der Waals surface area contributed by atoms with Crippen molar-refractivity contribution in [1.82, 2.24) is 15.1 Å². The number of esters is 1. The minimum absolute atomic E-state index is 0.0671. The summed E-state index contributed by atoms with van der Waals surface area (Å²) in [4.78, 5) is 59.7. The van der Waals surface area contributed by atoms with Gasteiger partial charge in [-0.1, -0.05) is 85.0 Å². The Morgan fingerprint density at radius 2 is 1.68 bits per heavy atom. The molecule has 0 aliphatic carbocycles. The summed E-state index contributed by atoms with van der Waals surface area (Å²) >= 11 is 0. The van der Waals surface area contributed by atoms with Crippen molar-refractivity contribution in [1.29, 1.82) is 0 Å². The fourth-order valence-electron chi connectivity index (χ4n) is 7.48. The molecule has 0 unspecified atom stereocenters. The lowest BCUT2D eigenvalue weighted by atomic mass is 9.77. The zero-order valence-corrected chi connectivity index (χ0v) is 27.1. The minimum Gasteiger partial charge on any atom is -0.455 e. The number of likely N-dealkylation sites (tertiary alicyclic amines) is 1. The predicted molar refractivity (Wildman–Crippen MR) is 174 cm³/mol. The summed E-state index contributed by atoms with van der Waals surface area (Å²) in [6, 6.07) is 16.8. The maximum Gasteiger partial charge on any atom is 0.313 e. The summed E-state index contributed by atoms with van der Waals surface area (Å²) in [6.45, 7) is 5.78. The lowest BCUT2D eigenvalue weighted by Crippen LogP contribution is -2.61. The van der Waals surface area contributed by atoms with Gasteiger partial charge < -0.3 is 29.7 Å². The van der Waals surface area contributed by atoms with E-state index in [0.29, 0.717) is 24.9 Å². The molecule has 6 rings (SSSR count). The number of hydrogen-bond donors (Lipinski definition) is 2. The Morgan fingerprint density at radius 3 is 2.36 bits per heavy atom. The fourth-order valence-corrected chi connectivity index (χ4v) is 7.48. The number of amides is 3. The Balaban J connectivity index is 1.46. The van der Waals surface area contributed by atoms with Gasteiger partial charge in [0.15, 0.2) is 0 Å². The monoisotopic (exact) mass is 641 g/mol. The third kappa shape index (κ3) is 6.12. The average Bonchev–Trinajstić information content (AvgIpc) is 3.44. The van der Waals surface area contributed by atoms with Crippen molar-refractivity contribution in [3.63, 3.8) is 0 Å². The molecule has 4 aliphatic heterocycles. The van der Waals surface area contributed by atoms with Gasteiger partial charge in [0.05, 0.1) is 31.2 Å². The van der Waals surface area contributed by atoms with Crippen molar-refractivity contribution >= 4 is 23.7 Å². The van der Waals surface area contributed by atoms with Gasteiger partial charge >= 0.3 is 5.97 Å². The Kier molecular flexibility index (Phi) is 9.09. The number of carbonyl (C=O) groups is 4. The minimum atomic E-state index is -1.49. The van der Waals surface area contributed by atoms with Gasteiger partial charge in [-0.15, -0.1) is 0 Å². The first-order valence-electron chi connectivity index (χ1n) is 16.4. The van der Waals surface area contributed by atoms with Crippen molar-refractivity contribution < 1.29 is 33.8 Å². The van der Waals surface area contributed by atoms with Crippen LogP contribution in [0.1, 0.15) is 50.8 Å². The molecule has 7 atom stereocenters. The van der Waals surface area contributed by atoms with Crippen LogP contribution < -0.4 is 5.32 Å². The van der Waals surface area contributed by atoms with Crippen molar-refractivity contribution in [2.24, 2.45) is 11.8 Å². The quantitative estimate of drug-likeness (QED) is 0.380. The van der Waals surface area contributed by atoms with Gasteiger partial charge in [-0.3, -0.25) is 19.2 Å². The Bertz CT molecular complexity index is 1550. The van der Waals surface area contributed by atoms with Crippen LogP contribution in [0.15, 0.2) is 85.0 Å². The number of nitrogens with zero attached hydrogens (tertiary/aromatic N) is 2. The molecule has 47 heavy (non-hydrogen) atoms. The summed E-state index contributed by atoms with van der Waals surface area (Å²) in [5.41, 5.74) is -0.477. The lowest BCUT2D eigenvalue weighted by molar-refractivity contribution is -0.161. The van der Waals surface area contributed by atoms with E-state index in [9.17, 15) is 24.3 Å². The van der Waals surface area contributed by atoms with Crippen LogP contribution in [-0.4, -0.2) is 87.6 Å². The van der Waals surface area contributed by atoms with Crippen molar-refractivity contribution in [3.05, 3.63) is 96.1 Å². The van der Waals surface area contributed by atoms with Gasteiger partial charge in [0.1, 0.15) is 23.7 Å². The highest BCUT2D eigenvalue weighted by atomic mass is 16.6. The molecule has 10 nitrogen and oxygen atoms in total. The molecule has 0 radical (unpaired) electrons. The van der Waals surface area contributed by atoms with Crippen LogP contribution in [-0.2, 0) is 35.1 Å². The Labute approximate surface area is 275 Å². The van der Waals surface area contributed by atoms with E-state index in [0.717, 1.165) is 5.56 Å². The molecular weight excluding hydrogens is 598 g/mol. The maximum atomic E-state index is 14.9. The second-order valence-electron chi connectivity index (χ2n) is 13.7. The number of aliphatic hydroxyl groups is 1. The molecule has 0 aromatic heterocycles. The lowest BCUT2D eigenvalue weighted by Gasteiger charge is -2.42. The van der Waals surface area contributed by atoms with Crippen LogP contribution in [0.2, 0.25) is 0 Å². The second kappa shape index (κ2) is 13.1. The molecule has 2 aromatic carbocycles. The number of rotatable bonds is 5. The first kappa shape index (κ1) is 32.7. The number of benzene rings is 2. The molecule has 248 valence electrons. The fraction of sp³-hybridized carbons (Fsp3) is 0.459. The van der Waals surface area contributed by atoms with E-state index < -0.39 is 59.1 Å². The van der Waals surface area contributed by atoms with Crippen LogP contribution >= 0.6 is 0 Å². The van der Waals surface area contributed by atoms with Crippen LogP contribution in [0.3, 0.4) is 0 Å². The van der Waals surface area contributed by atoms with E-state index in [2.05, 4.69) is 5.32 Å². The van der Waals surface area contributed by atoms with E-state index in [1.165, 1.54) is 4.90 Å². The number of carbonyl (C=O) groups excluding carboxylic acids is 4. The first-order chi connectivity index (χ1) is 22.5. The molecule has 4 heterocycles. The van der Waals surface area contributed by atoms with Crippen LogP contribution in [0.4, 0.5) is 0 Å². The SMILES string of the molecule is CC(C)(C)N1CC=C[C@@]23O[C@H]4/C=C\CCC(=O)NC[C@H](c5ccccc5)OC(=O)[C@H]4[C@@H]2C(=O)N([C@@H](CO)Cc2ccccc2)[C@H]3C1=O. The zero-order valence-electron chi connectivity index (χ0n) is 27.1. The molecule has 10 heteroatoms. The number of fused-ring (bicyclic) bond motifs is 2. The molecule has 4 aliphatic rings. The molecule has 0 bridgehead atoms. The number of ether oxygens (including phenoxy) is 2. The van der Waals surface area contributed by atoms with E-state index in [4.69, 9.17) is 9.47 Å². The van der Waals surface area contributed by atoms with Crippen molar-refractivity contribution in [2.75, 3.05) is 19.7 Å². The summed E-state index contributed by atoms with van der Waals surface area (Å²) in [6.07, 6.45) is 6.38. The smallest absolute Gasteiger partial charge is 0.313 e. The third-order valence-electron chi connectivity index (χ3n) is 9.71. The number of hydrogen-bond acceptors (Lipinski definition) is 7. The number of allylic oxidation sites excluding steroid dienone is 1. The number of nitrogens with one attached hydrogen (secondary N) is 1. The van der Waals surface area contributed by atoms with Gasteiger partial charge in [-0.25, -0.2) is 0 Å².